The maximum atomic E-state index is 5.64. The van der Waals surface area contributed by atoms with Crippen molar-refractivity contribution < 1.29 is 4.74 Å². The van der Waals surface area contributed by atoms with Gasteiger partial charge in [0, 0.05) is 18.0 Å². The largest absolute Gasteiger partial charge is 0.491 e. The van der Waals surface area contributed by atoms with Gasteiger partial charge in [-0.1, -0.05) is 29.8 Å². The van der Waals surface area contributed by atoms with Crippen LogP contribution in [0.3, 0.4) is 0 Å². The summed E-state index contributed by atoms with van der Waals surface area (Å²) < 4.78 is 5.64. The van der Waals surface area contributed by atoms with Gasteiger partial charge in [0.15, 0.2) is 5.11 Å². The molecule has 2 rings (SSSR count). The molecule has 0 heterocycles. The summed E-state index contributed by atoms with van der Waals surface area (Å²) in [6, 6.07) is 16.6. The highest BCUT2D eigenvalue weighted by atomic mass is 32.2. The summed E-state index contributed by atoms with van der Waals surface area (Å²) in [6.07, 6.45) is 1.26. The van der Waals surface area contributed by atoms with Crippen molar-refractivity contribution in [2.24, 2.45) is 0 Å². The van der Waals surface area contributed by atoms with Crippen molar-refractivity contribution in [3.8, 4) is 5.75 Å². The van der Waals surface area contributed by atoms with Crippen molar-refractivity contribution >= 4 is 34.8 Å². The first-order chi connectivity index (χ1) is 12.5. The molecule has 2 aromatic rings. The third-order valence-electron chi connectivity index (χ3n) is 3.59. The summed E-state index contributed by atoms with van der Waals surface area (Å²) in [6.45, 7) is 7.05. The van der Waals surface area contributed by atoms with Crippen LogP contribution in [0.25, 0.3) is 0 Å². The van der Waals surface area contributed by atoms with E-state index in [-0.39, 0.29) is 6.10 Å². The van der Waals surface area contributed by atoms with Crippen molar-refractivity contribution in [2.75, 3.05) is 17.6 Å². The van der Waals surface area contributed by atoms with Gasteiger partial charge in [-0.3, -0.25) is 0 Å². The quantitative estimate of drug-likeness (QED) is 0.444. The van der Waals surface area contributed by atoms with Gasteiger partial charge >= 0.3 is 0 Å². The van der Waals surface area contributed by atoms with Crippen LogP contribution in [-0.4, -0.2) is 23.5 Å². The van der Waals surface area contributed by atoms with Crippen LogP contribution >= 0.6 is 24.0 Å². The van der Waals surface area contributed by atoms with Crippen molar-refractivity contribution in [1.29, 1.82) is 0 Å². The van der Waals surface area contributed by atoms with E-state index in [0.29, 0.717) is 5.11 Å². The molecule has 0 aliphatic heterocycles. The van der Waals surface area contributed by atoms with Gasteiger partial charge in [-0.05, 0) is 75.0 Å². The molecule has 0 spiro atoms. The zero-order valence-electron chi connectivity index (χ0n) is 15.7. The number of rotatable bonds is 9. The molecular weight excluding hydrogens is 360 g/mol. The van der Waals surface area contributed by atoms with E-state index < -0.39 is 0 Å². The van der Waals surface area contributed by atoms with Crippen LogP contribution in [0.1, 0.15) is 31.4 Å². The molecule has 0 unspecified atom stereocenters. The Morgan fingerprint density at radius 2 is 1.92 bits per heavy atom. The predicted molar refractivity (Wildman–Crippen MR) is 118 cm³/mol. The van der Waals surface area contributed by atoms with Crippen LogP contribution in [0.2, 0.25) is 0 Å². The first-order valence-electron chi connectivity index (χ1n) is 8.98. The Kier molecular flexibility index (Phi) is 8.78. The molecule has 0 saturated carbocycles. The van der Waals surface area contributed by atoms with Gasteiger partial charge in [-0.25, -0.2) is 0 Å². The fourth-order valence-electron chi connectivity index (χ4n) is 2.43. The van der Waals surface area contributed by atoms with Gasteiger partial charge in [0.05, 0.1) is 6.10 Å². The molecule has 0 aromatic heterocycles. The van der Waals surface area contributed by atoms with Crippen LogP contribution in [0.5, 0.6) is 5.75 Å². The lowest BCUT2D eigenvalue weighted by atomic mass is 10.2. The van der Waals surface area contributed by atoms with E-state index in [0.717, 1.165) is 35.9 Å². The summed E-state index contributed by atoms with van der Waals surface area (Å²) in [5.74, 6) is 3.05. The van der Waals surface area contributed by atoms with Crippen molar-refractivity contribution in [3.63, 3.8) is 0 Å². The summed E-state index contributed by atoms with van der Waals surface area (Å²) in [5, 5.41) is 7.12. The van der Waals surface area contributed by atoms with Gasteiger partial charge in [0.25, 0.3) is 0 Å². The number of anilines is 1. The van der Waals surface area contributed by atoms with E-state index in [1.807, 2.05) is 49.9 Å². The Morgan fingerprint density at radius 3 is 2.62 bits per heavy atom. The minimum atomic E-state index is 0.181. The predicted octanol–water partition coefficient (Wildman–Crippen LogP) is 5.39. The average molecular weight is 389 g/mol. The Bertz CT molecular complexity index is 687. The molecule has 2 aromatic carbocycles. The van der Waals surface area contributed by atoms with Crippen molar-refractivity contribution in [2.45, 2.75) is 39.0 Å². The van der Waals surface area contributed by atoms with Crippen LogP contribution < -0.4 is 15.4 Å². The SMILES string of the molecule is Cc1cccc(CSCCCNC(=S)Nc2ccc(OC(C)C)cc2)c1. The van der Waals surface area contributed by atoms with Crippen LogP contribution in [0.4, 0.5) is 5.69 Å². The van der Waals surface area contributed by atoms with E-state index >= 15 is 0 Å². The fraction of sp³-hybridized carbons (Fsp3) is 0.381. The highest BCUT2D eigenvalue weighted by Gasteiger charge is 2.00. The zero-order chi connectivity index (χ0) is 18.8. The maximum absolute atomic E-state index is 5.64. The third-order valence-corrected chi connectivity index (χ3v) is 4.95. The fourth-order valence-corrected chi connectivity index (χ4v) is 3.56. The second-order valence-electron chi connectivity index (χ2n) is 6.47. The van der Waals surface area contributed by atoms with Crippen molar-refractivity contribution in [3.05, 3.63) is 59.7 Å². The van der Waals surface area contributed by atoms with Gasteiger partial charge in [0.1, 0.15) is 5.75 Å². The number of benzene rings is 2. The number of aryl methyl sites for hydroxylation is 1. The molecule has 3 nitrogen and oxygen atoms in total. The highest BCUT2D eigenvalue weighted by Crippen LogP contribution is 2.17. The normalized spacial score (nSPS) is 10.6. The molecule has 0 fully saturated rings. The Morgan fingerprint density at radius 1 is 1.15 bits per heavy atom. The molecule has 0 aliphatic rings. The average Bonchev–Trinajstić information content (AvgIpc) is 2.59. The Labute approximate surface area is 166 Å². The standard InChI is InChI=1S/C21H28N2OS2/c1-16(2)24-20-10-8-19(9-11-20)23-21(25)22-12-5-13-26-15-18-7-4-6-17(3)14-18/h4,6-11,14,16H,5,12-13,15H2,1-3H3,(H2,22,23,25). The molecule has 2 N–H and O–H groups in total. The van der Waals surface area contributed by atoms with Gasteiger partial charge < -0.3 is 15.4 Å². The lowest BCUT2D eigenvalue weighted by Crippen LogP contribution is -2.29. The van der Waals surface area contributed by atoms with Crippen LogP contribution in [0.15, 0.2) is 48.5 Å². The zero-order valence-corrected chi connectivity index (χ0v) is 17.4. The third kappa shape index (κ3) is 8.11. The number of ether oxygens (including phenoxy) is 1. The van der Waals surface area contributed by atoms with E-state index in [4.69, 9.17) is 17.0 Å². The molecule has 26 heavy (non-hydrogen) atoms. The molecule has 0 amide bonds. The summed E-state index contributed by atoms with van der Waals surface area (Å²) >= 11 is 7.31. The minimum absolute atomic E-state index is 0.181. The van der Waals surface area contributed by atoms with Gasteiger partial charge in [-0.15, -0.1) is 0 Å². The molecule has 0 atom stereocenters. The Balaban J connectivity index is 1.58. The van der Waals surface area contributed by atoms with Crippen LogP contribution in [0, 0.1) is 6.92 Å². The van der Waals surface area contributed by atoms with Gasteiger partial charge in [-0.2, -0.15) is 11.8 Å². The first kappa shape index (κ1) is 20.6. The van der Waals surface area contributed by atoms with E-state index in [9.17, 15) is 0 Å². The lowest BCUT2D eigenvalue weighted by Gasteiger charge is -2.12. The topological polar surface area (TPSA) is 33.3 Å². The maximum Gasteiger partial charge on any atom is 0.170 e. The second-order valence-corrected chi connectivity index (χ2v) is 7.98. The summed E-state index contributed by atoms with van der Waals surface area (Å²) in [4.78, 5) is 0. The smallest absolute Gasteiger partial charge is 0.170 e. The molecule has 5 heteroatoms. The molecule has 0 radical (unpaired) electrons. The number of hydrogen-bond donors (Lipinski definition) is 2. The molecule has 0 bridgehead atoms. The second kappa shape index (κ2) is 11.1. The number of thioether (sulfide) groups is 1. The number of thiocarbonyl (C=S) groups is 1. The number of hydrogen-bond acceptors (Lipinski definition) is 3. The first-order valence-corrected chi connectivity index (χ1v) is 10.5. The molecule has 0 saturated heterocycles. The Hall–Kier alpha value is -1.72. The van der Waals surface area contributed by atoms with E-state index in [2.05, 4.69) is 41.8 Å². The van der Waals surface area contributed by atoms with Crippen LogP contribution in [-0.2, 0) is 5.75 Å². The highest BCUT2D eigenvalue weighted by molar-refractivity contribution is 7.98. The molecule has 140 valence electrons. The van der Waals surface area contributed by atoms with E-state index in [1.54, 1.807) is 0 Å². The monoisotopic (exact) mass is 388 g/mol. The lowest BCUT2D eigenvalue weighted by molar-refractivity contribution is 0.242. The molecule has 0 aliphatic carbocycles. The van der Waals surface area contributed by atoms with E-state index in [1.165, 1.54) is 11.1 Å². The minimum Gasteiger partial charge on any atom is -0.491 e. The summed E-state index contributed by atoms with van der Waals surface area (Å²) in [7, 11) is 0. The van der Waals surface area contributed by atoms with Crippen molar-refractivity contribution in [1.82, 2.24) is 5.32 Å². The summed E-state index contributed by atoms with van der Waals surface area (Å²) in [5.41, 5.74) is 3.68. The van der Waals surface area contributed by atoms with Gasteiger partial charge in [0.2, 0.25) is 0 Å². The molecular formula is C21H28N2OS2. The number of nitrogens with one attached hydrogen (secondary N) is 2.